The maximum atomic E-state index is 13.6. The topological polar surface area (TPSA) is 24.1 Å². The molecule has 0 heterocycles. The Morgan fingerprint density at radius 2 is 0.778 bits per heavy atom. The molecular formula is C32H22F2N2. The Hall–Kier alpha value is -4.70. The number of hydrogen-bond acceptors (Lipinski definition) is 2. The molecule has 36 heavy (non-hydrogen) atoms. The number of rotatable bonds is 5. The second-order valence-corrected chi connectivity index (χ2v) is 8.68. The summed E-state index contributed by atoms with van der Waals surface area (Å²) in [6.07, 6.45) is 0. The minimum absolute atomic E-state index is 0.279. The van der Waals surface area contributed by atoms with E-state index in [2.05, 4.69) is 59.2 Å². The van der Waals surface area contributed by atoms with Crippen molar-refractivity contribution in [1.82, 2.24) is 0 Å². The molecule has 0 saturated carbocycles. The number of benzene rings is 6. The summed E-state index contributed by atoms with van der Waals surface area (Å²) in [6, 6.07) is 37.5. The van der Waals surface area contributed by atoms with Gasteiger partial charge >= 0.3 is 0 Å². The molecule has 6 rings (SSSR count). The summed E-state index contributed by atoms with van der Waals surface area (Å²) in [5, 5.41) is 11.4. The van der Waals surface area contributed by atoms with Gasteiger partial charge in [0.1, 0.15) is 11.6 Å². The van der Waals surface area contributed by atoms with E-state index in [-0.39, 0.29) is 11.6 Å². The third kappa shape index (κ3) is 4.14. The molecule has 0 radical (unpaired) electrons. The van der Waals surface area contributed by atoms with Gasteiger partial charge in [0, 0.05) is 33.9 Å². The van der Waals surface area contributed by atoms with E-state index in [4.69, 9.17) is 0 Å². The fourth-order valence-electron chi connectivity index (χ4n) is 4.67. The molecule has 6 aromatic carbocycles. The summed E-state index contributed by atoms with van der Waals surface area (Å²) in [7, 11) is 0. The maximum Gasteiger partial charge on any atom is 0.123 e. The summed E-state index contributed by atoms with van der Waals surface area (Å²) in [5.41, 5.74) is 5.44. The lowest BCUT2D eigenvalue weighted by Crippen LogP contribution is -1.99. The molecule has 0 bridgehead atoms. The Morgan fingerprint density at radius 1 is 0.389 bits per heavy atom. The molecule has 174 valence electrons. The van der Waals surface area contributed by atoms with Crippen LogP contribution in [0.1, 0.15) is 0 Å². The van der Waals surface area contributed by atoms with Crippen molar-refractivity contribution in [2.75, 3.05) is 10.6 Å². The lowest BCUT2D eigenvalue weighted by molar-refractivity contribution is 0.627. The highest BCUT2D eigenvalue weighted by Gasteiger charge is 2.17. The van der Waals surface area contributed by atoms with Gasteiger partial charge in [-0.2, -0.15) is 0 Å². The van der Waals surface area contributed by atoms with Crippen molar-refractivity contribution in [2.45, 2.75) is 0 Å². The zero-order chi connectivity index (χ0) is 24.5. The standard InChI is InChI=1S/C32H22F2N2/c33-23-11-15-25(16-12-23)35-29-19-9-21-5-1-3-7-27(21)31(29)32-28-8-4-2-6-22(28)10-20-30(32)36-26-17-13-24(34)14-18-26/h1-20,35-36H. The van der Waals surface area contributed by atoms with E-state index in [1.165, 1.54) is 24.3 Å². The fraction of sp³-hybridized carbons (Fsp3) is 0. The molecule has 0 spiro atoms. The van der Waals surface area contributed by atoms with E-state index >= 15 is 0 Å². The molecule has 0 unspecified atom stereocenters. The minimum atomic E-state index is -0.279. The predicted octanol–water partition coefficient (Wildman–Crippen LogP) is 9.43. The van der Waals surface area contributed by atoms with Crippen molar-refractivity contribution < 1.29 is 8.78 Å². The molecule has 0 aliphatic heterocycles. The van der Waals surface area contributed by atoms with Gasteiger partial charge in [0.2, 0.25) is 0 Å². The van der Waals surface area contributed by atoms with Crippen LogP contribution >= 0.6 is 0 Å². The van der Waals surface area contributed by atoms with Crippen molar-refractivity contribution in [3.63, 3.8) is 0 Å². The molecular weight excluding hydrogens is 450 g/mol. The van der Waals surface area contributed by atoms with Crippen LogP contribution in [-0.4, -0.2) is 0 Å². The van der Waals surface area contributed by atoms with Crippen molar-refractivity contribution >= 4 is 44.3 Å². The van der Waals surface area contributed by atoms with Gasteiger partial charge in [-0.3, -0.25) is 0 Å². The molecule has 0 saturated heterocycles. The van der Waals surface area contributed by atoms with Gasteiger partial charge < -0.3 is 10.6 Å². The first kappa shape index (κ1) is 21.8. The Morgan fingerprint density at radius 3 is 1.19 bits per heavy atom. The lowest BCUT2D eigenvalue weighted by Gasteiger charge is -2.21. The zero-order valence-corrected chi connectivity index (χ0v) is 19.3. The summed E-state index contributed by atoms with van der Waals surface area (Å²) in [5.74, 6) is -0.557. The van der Waals surface area contributed by atoms with Crippen LogP contribution in [0, 0.1) is 11.6 Å². The average Bonchev–Trinajstić information content (AvgIpc) is 2.91. The molecule has 0 aliphatic carbocycles. The Balaban J connectivity index is 1.63. The number of fused-ring (bicyclic) bond motifs is 2. The lowest BCUT2D eigenvalue weighted by atomic mass is 9.90. The molecule has 0 fully saturated rings. The Kier molecular flexibility index (Phi) is 5.55. The highest BCUT2D eigenvalue weighted by atomic mass is 19.1. The number of hydrogen-bond donors (Lipinski definition) is 2. The van der Waals surface area contributed by atoms with Gasteiger partial charge in [-0.25, -0.2) is 8.78 Å². The van der Waals surface area contributed by atoms with Crippen molar-refractivity contribution in [3.8, 4) is 11.1 Å². The summed E-state index contributed by atoms with van der Waals surface area (Å²) in [4.78, 5) is 0. The number of nitrogens with one attached hydrogen (secondary N) is 2. The molecule has 0 aliphatic rings. The SMILES string of the molecule is Fc1ccc(Nc2ccc3ccccc3c2-c2c(Nc3ccc(F)cc3)ccc3ccccc23)cc1. The quantitative estimate of drug-likeness (QED) is 0.261. The van der Waals surface area contributed by atoms with Crippen LogP contribution in [0.2, 0.25) is 0 Å². The second kappa shape index (κ2) is 9.16. The minimum Gasteiger partial charge on any atom is -0.355 e. The largest absolute Gasteiger partial charge is 0.355 e. The highest BCUT2D eigenvalue weighted by molar-refractivity contribution is 6.14. The van der Waals surface area contributed by atoms with Gasteiger partial charge in [0.15, 0.2) is 0 Å². The Labute approximate surface area is 207 Å². The van der Waals surface area contributed by atoms with Gasteiger partial charge in [0.25, 0.3) is 0 Å². The molecule has 0 amide bonds. The van der Waals surface area contributed by atoms with Crippen molar-refractivity contribution in [3.05, 3.63) is 133 Å². The van der Waals surface area contributed by atoms with Crippen LogP contribution in [0.25, 0.3) is 32.7 Å². The fourth-order valence-corrected chi connectivity index (χ4v) is 4.67. The summed E-state index contributed by atoms with van der Waals surface area (Å²) in [6.45, 7) is 0. The molecule has 0 atom stereocenters. The van der Waals surface area contributed by atoms with E-state index < -0.39 is 0 Å². The first-order valence-electron chi connectivity index (χ1n) is 11.7. The Bertz CT molecular complexity index is 1560. The third-order valence-electron chi connectivity index (χ3n) is 6.35. The molecule has 6 aromatic rings. The van der Waals surface area contributed by atoms with Crippen LogP contribution in [0.4, 0.5) is 31.5 Å². The van der Waals surface area contributed by atoms with Gasteiger partial charge in [-0.05, 0) is 82.2 Å². The predicted molar refractivity (Wildman–Crippen MR) is 146 cm³/mol. The second-order valence-electron chi connectivity index (χ2n) is 8.68. The van der Waals surface area contributed by atoms with Crippen LogP contribution in [0.3, 0.4) is 0 Å². The average molecular weight is 473 g/mol. The van der Waals surface area contributed by atoms with E-state index in [9.17, 15) is 8.78 Å². The number of anilines is 4. The van der Waals surface area contributed by atoms with E-state index in [0.29, 0.717) is 0 Å². The maximum absolute atomic E-state index is 13.6. The zero-order valence-electron chi connectivity index (χ0n) is 19.3. The summed E-state index contributed by atoms with van der Waals surface area (Å²) < 4.78 is 27.2. The molecule has 2 nitrogen and oxygen atoms in total. The van der Waals surface area contributed by atoms with E-state index in [1.807, 2.05) is 24.3 Å². The first-order chi connectivity index (χ1) is 17.7. The monoisotopic (exact) mass is 472 g/mol. The van der Waals surface area contributed by atoms with Gasteiger partial charge in [-0.15, -0.1) is 0 Å². The van der Waals surface area contributed by atoms with Gasteiger partial charge in [0.05, 0.1) is 0 Å². The van der Waals surface area contributed by atoms with Crippen LogP contribution in [-0.2, 0) is 0 Å². The number of halogens is 2. The highest BCUT2D eigenvalue weighted by Crippen LogP contribution is 2.45. The van der Waals surface area contributed by atoms with Crippen molar-refractivity contribution in [1.29, 1.82) is 0 Å². The van der Waals surface area contributed by atoms with Crippen molar-refractivity contribution in [2.24, 2.45) is 0 Å². The molecule has 0 aromatic heterocycles. The van der Waals surface area contributed by atoms with Crippen LogP contribution < -0.4 is 10.6 Å². The molecule has 2 N–H and O–H groups in total. The third-order valence-corrected chi connectivity index (χ3v) is 6.35. The first-order valence-corrected chi connectivity index (χ1v) is 11.7. The smallest absolute Gasteiger partial charge is 0.123 e. The van der Waals surface area contributed by atoms with Crippen LogP contribution in [0.15, 0.2) is 121 Å². The normalized spacial score (nSPS) is 11.1. The molecule has 4 heteroatoms. The van der Waals surface area contributed by atoms with E-state index in [0.717, 1.165) is 55.4 Å². The van der Waals surface area contributed by atoms with Crippen LogP contribution in [0.5, 0.6) is 0 Å². The van der Waals surface area contributed by atoms with Gasteiger partial charge in [-0.1, -0.05) is 60.7 Å². The summed E-state index contributed by atoms with van der Waals surface area (Å²) >= 11 is 0. The van der Waals surface area contributed by atoms with E-state index in [1.54, 1.807) is 24.3 Å².